The standard InChI is InChI=1S/C13H12N4/c14-9-1-2-12-7(4-9)3-8-5-10(15)11(16)6-13(8)17-12/h1-6H,14-16H2. The average molecular weight is 224 g/mol. The van der Waals surface area contributed by atoms with E-state index in [4.69, 9.17) is 17.2 Å². The van der Waals surface area contributed by atoms with Crippen molar-refractivity contribution < 1.29 is 0 Å². The minimum Gasteiger partial charge on any atom is -0.399 e. The van der Waals surface area contributed by atoms with Crippen LogP contribution < -0.4 is 17.2 Å². The molecule has 0 aliphatic carbocycles. The summed E-state index contributed by atoms with van der Waals surface area (Å²) in [6, 6.07) is 11.3. The molecule has 0 saturated heterocycles. The Hall–Kier alpha value is -2.49. The fraction of sp³-hybridized carbons (Fsp3) is 0. The van der Waals surface area contributed by atoms with Crippen LogP contribution in [0, 0.1) is 0 Å². The summed E-state index contributed by atoms with van der Waals surface area (Å²) in [4.78, 5) is 4.53. The van der Waals surface area contributed by atoms with E-state index in [-0.39, 0.29) is 0 Å². The molecule has 2 aromatic carbocycles. The quantitative estimate of drug-likeness (QED) is 0.403. The molecule has 0 saturated carbocycles. The van der Waals surface area contributed by atoms with Crippen LogP contribution in [0.2, 0.25) is 0 Å². The number of nitrogens with two attached hydrogens (primary N) is 3. The maximum atomic E-state index is 5.78. The van der Waals surface area contributed by atoms with Crippen molar-refractivity contribution in [3.05, 3.63) is 36.4 Å². The SMILES string of the molecule is Nc1ccc2nc3cc(N)c(N)cc3cc2c1. The van der Waals surface area contributed by atoms with E-state index in [2.05, 4.69) is 4.98 Å². The van der Waals surface area contributed by atoms with Gasteiger partial charge in [0.2, 0.25) is 0 Å². The van der Waals surface area contributed by atoms with Gasteiger partial charge in [-0.1, -0.05) is 0 Å². The molecule has 0 bridgehead atoms. The van der Waals surface area contributed by atoms with Gasteiger partial charge in [-0.2, -0.15) is 0 Å². The van der Waals surface area contributed by atoms with Crippen molar-refractivity contribution in [3.63, 3.8) is 0 Å². The topological polar surface area (TPSA) is 90.9 Å². The number of aromatic nitrogens is 1. The third kappa shape index (κ3) is 1.50. The predicted molar refractivity (Wildman–Crippen MR) is 72.5 cm³/mol. The molecule has 0 spiro atoms. The summed E-state index contributed by atoms with van der Waals surface area (Å²) < 4.78 is 0. The number of rotatable bonds is 0. The summed E-state index contributed by atoms with van der Waals surface area (Å²) in [5.74, 6) is 0. The molecule has 0 atom stereocenters. The van der Waals surface area contributed by atoms with E-state index in [1.165, 1.54) is 0 Å². The summed E-state index contributed by atoms with van der Waals surface area (Å²) in [5.41, 5.74) is 20.9. The Morgan fingerprint density at radius 2 is 1.41 bits per heavy atom. The van der Waals surface area contributed by atoms with Gasteiger partial charge in [-0.25, -0.2) is 4.98 Å². The van der Waals surface area contributed by atoms with Gasteiger partial charge in [0.1, 0.15) is 0 Å². The molecule has 17 heavy (non-hydrogen) atoms. The number of nitrogens with zero attached hydrogens (tertiary/aromatic N) is 1. The van der Waals surface area contributed by atoms with Crippen LogP contribution in [0.1, 0.15) is 0 Å². The monoisotopic (exact) mass is 224 g/mol. The first-order chi connectivity index (χ1) is 8.13. The van der Waals surface area contributed by atoms with E-state index < -0.39 is 0 Å². The number of pyridine rings is 1. The van der Waals surface area contributed by atoms with Crippen LogP contribution in [0.25, 0.3) is 21.8 Å². The summed E-state index contributed by atoms with van der Waals surface area (Å²) in [6.45, 7) is 0. The fourth-order valence-electron chi connectivity index (χ4n) is 1.94. The van der Waals surface area contributed by atoms with Gasteiger partial charge in [-0.05, 0) is 36.4 Å². The molecular formula is C13H12N4. The molecular weight excluding hydrogens is 212 g/mol. The van der Waals surface area contributed by atoms with E-state index in [9.17, 15) is 0 Å². The first-order valence-electron chi connectivity index (χ1n) is 5.28. The van der Waals surface area contributed by atoms with Gasteiger partial charge in [-0.3, -0.25) is 0 Å². The lowest BCUT2D eigenvalue weighted by atomic mass is 10.1. The highest BCUT2D eigenvalue weighted by Crippen LogP contribution is 2.26. The molecule has 0 aliphatic heterocycles. The van der Waals surface area contributed by atoms with Crippen molar-refractivity contribution in [1.82, 2.24) is 4.98 Å². The maximum absolute atomic E-state index is 5.78. The van der Waals surface area contributed by atoms with E-state index in [0.717, 1.165) is 27.5 Å². The molecule has 0 amide bonds. The largest absolute Gasteiger partial charge is 0.399 e. The summed E-state index contributed by atoms with van der Waals surface area (Å²) in [6.07, 6.45) is 0. The highest BCUT2D eigenvalue weighted by Gasteiger charge is 2.03. The molecule has 1 aromatic heterocycles. The van der Waals surface area contributed by atoms with E-state index in [1.54, 1.807) is 6.07 Å². The van der Waals surface area contributed by atoms with Gasteiger partial charge >= 0.3 is 0 Å². The van der Waals surface area contributed by atoms with Crippen molar-refractivity contribution >= 4 is 38.9 Å². The number of benzene rings is 2. The lowest BCUT2D eigenvalue weighted by molar-refractivity contribution is 1.50. The molecule has 3 rings (SSSR count). The number of anilines is 3. The zero-order valence-corrected chi connectivity index (χ0v) is 9.14. The van der Waals surface area contributed by atoms with Gasteiger partial charge < -0.3 is 17.2 Å². The fourth-order valence-corrected chi connectivity index (χ4v) is 1.94. The van der Waals surface area contributed by atoms with Gasteiger partial charge in [0, 0.05) is 16.5 Å². The zero-order chi connectivity index (χ0) is 12.0. The molecule has 1 heterocycles. The smallest absolute Gasteiger partial charge is 0.0731 e. The second kappa shape index (κ2) is 3.25. The zero-order valence-electron chi connectivity index (χ0n) is 9.14. The summed E-state index contributed by atoms with van der Waals surface area (Å²) >= 11 is 0. The molecule has 0 radical (unpaired) electrons. The van der Waals surface area contributed by atoms with E-state index in [0.29, 0.717) is 11.4 Å². The Morgan fingerprint density at radius 3 is 2.24 bits per heavy atom. The number of hydrogen-bond donors (Lipinski definition) is 3. The number of hydrogen-bond acceptors (Lipinski definition) is 4. The molecule has 0 unspecified atom stereocenters. The van der Waals surface area contributed by atoms with Gasteiger partial charge in [-0.15, -0.1) is 0 Å². The van der Waals surface area contributed by atoms with Gasteiger partial charge in [0.25, 0.3) is 0 Å². The molecule has 3 aromatic rings. The van der Waals surface area contributed by atoms with Crippen molar-refractivity contribution in [1.29, 1.82) is 0 Å². The van der Waals surface area contributed by atoms with Crippen LogP contribution in [0.15, 0.2) is 36.4 Å². The van der Waals surface area contributed by atoms with Crippen LogP contribution in [-0.2, 0) is 0 Å². The Balaban J connectivity index is 2.43. The van der Waals surface area contributed by atoms with Crippen LogP contribution in [0.3, 0.4) is 0 Å². The van der Waals surface area contributed by atoms with E-state index in [1.807, 2.05) is 30.3 Å². The highest BCUT2D eigenvalue weighted by atomic mass is 14.7. The molecule has 6 N–H and O–H groups in total. The van der Waals surface area contributed by atoms with Crippen LogP contribution in [0.4, 0.5) is 17.1 Å². The molecule has 4 nitrogen and oxygen atoms in total. The number of nitrogen functional groups attached to an aromatic ring is 3. The van der Waals surface area contributed by atoms with Gasteiger partial charge in [0.15, 0.2) is 0 Å². The predicted octanol–water partition coefficient (Wildman–Crippen LogP) is 2.13. The average Bonchev–Trinajstić information content (AvgIpc) is 2.28. The van der Waals surface area contributed by atoms with E-state index >= 15 is 0 Å². The minimum absolute atomic E-state index is 0.555. The Bertz CT molecular complexity index is 734. The Morgan fingerprint density at radius 1 is 0.706 bits per heavy atom. The van der Waals surface area contributed by atoms with Crippen molar-refractivity contribution in [3.8, 4) is 0 Å². The van der Waals surface area contributed by atoms with Crippen LogP contribution in [-0.4, -0.2) is 4.98 Å². The first kappa shape index (κ1) is 9.72. The normalized spacial score (nSPS) is 11.1. The Kier molecular flexibility index (Phi) is 1.86. The summed E-state index contributed by atoms with van der Waals surface area (Å²) in [7, 11) is 0. The van der Waals surface area contributed by atoms with Crippen LogP contribution >= 0.6 is 0 Å². The van der Waals surface area contributed by atoms with Crippen molar-refractivity contribution in [2.45, 2.75) is 0 Å². The lowest BCUT2D eigenvalue weighted by Crippen LogP contribution is -1.95. The van der Waals surface area contributed by atoms with Crippen molar-refractivity contribution in [2.75, 3.05) is 17.2 Å². The molecule has 0 aliphatic rings. The third-order valence-electron chi connectivity index (χ3n) is 2.84. The lowest BCUT2D eigenvalue weighted by Gasteiger charge is -2.05. The summed E-state index contributed by atoms with van der Waals surface area (Å²) in [5, 5.41) is 1.97. The van der Waals surface area contributed by atoms with Crippen LogP contribution in [0.5, 0.6) is 0 Å². The van der Waals surface area contributed by atoms with Gasteiger partial charge in [0.05, 0.1) is 22.4 Å². The third-order valence-corrected chi connectivity index (χ3v) is 2.84. The first-order valence-corrected chi connectivity index (χ1v) is 5.28. The second-order valence-corrected chi connectivity index (χ2v) is 4.11. The van der Waals surface area contributed by atoms with Crippen molar-refractivity contribution in [2.24, 2.45) is 0 Å². The molecule has 0 fully saturated rings. The molecule has 4 heteroatoms. The maximum Gasteiger partial charge on any atom is 0.0731 e. The highest BCUT2D eigenvalue weighted by molar-refractivity contribution is 5.97. The minimum atomic E-state index is 0.555. The molecule has 84 valence electrons. The second-order valence-electron chi connectivity index (χ2n) is 4.11. The number of fused-ring (bicyclic) bond motifs is 2. The Labute approximate surface area is 98.0 Å².